The second-order valence-corrected chi connectivity index (χ2v) is 25.8. The van der Waals surface area contributed by atoms with E-state index >= 15 is 0 Å². The van der Waals surface area contributed by atoms with Gasteiger partial charge in [-0.2, -0.15) is 0 Å². The smallest absolute Gasteiger partial charge is 0.358 e. The number of thiazole rings is 4. The number of esters is 4. The number of allylic oxidation sites excluding steroid dienone is 2. The molecule has 8 heterocycles. The molecule has 4 atom stereocenters. The molecule has 82 heavy (non-hydrogen) atoms. The molecule has 4 aromatic heterocycles. The summed E-state index contributed by atoms with van der Waals surface area (Å²) in [5.74, 6) is -3.86. The fourth-order valence-corrected chi connectivity index (χ4v) is 13.3. The Labute approximate surface area is 495 Å². The van der Waals surface area contributed by atoms with Crippen molar-refractivity contribution in [1.82, 2.24) is 40.4 Å². The van der Waals surface area contributed by atoms with E-state index in [1.807, 2.05) is 30.9 Å². The van der Waals surface area contributed by atoms with Crippen LogP contribution in [-0.2, 0) is 62.2 Å². The Balaban J connectivity index is 0.856. The summed E-state index contributed by atoms with van der Waals surface area (Å²) in [6.07, 6.45) is 7.26. The summed E-state index contributed by atoms with van der Waals surface area (Å²) in [4.78, 5) is 126. The first kappa shape index (κ1) is 60.9. The van der Waals surface area contributed by atoms with Crippen LogP contribution in [0.1, 0.15) is 74.1 Å². The number of aromatic nitrogens is 4. The molecule has 4 aromatic rings. The molecule has 436 valence electrons. The molecule has 0 spiro atoms. The minimum absolute atomic E-state index is 0.0425. The van der Waals surface area contributed by atoms with Crippen molar-refractivity contribution in [3.8, 4) is 0 Å². The van der Waals surface area contributed by atoms with Crippen molar-refractivity contribution in [3.63, 3.8) is 0 Å². The zero-order valence-corrected chi connectivity index (χ0v) is 50.9. The van der Waals surface area contributed by atoms with Crippen LogP contribution in [0.3, 0.4) is 0 Å². The van der Waals surface area contributed by atoms with Gasteiger partial charge in [-0.15, -0.1) is 68.9 Å². The topological polar surface area (TPSA) is 306 Å². The van der Waals surface area contributed by atoms with Crippen LogP contribution in [0.4, 0.5) is 10.3 Å². The predicted molar refractivity (Wildman–Crippen MR) is 312 cm³/mol. The van der Waals surface area contributed by atoms with E-state index in [0.29, 0.717) is 32.9 Å². The van der Waals surface area contributed by atoms with Gasteiger partial charge in [0.1, 0.15) is 48.4 Å². The molecule has 31 heteroatoms. The monoisotopic (exact) mass is 1240 g/mol. The third-order valence-electron chi connectivity index (χ3n) is 12.2. The fraction of sp³-hybridized carbons (Fsp3) is 0.431. The van der Waals surface area contributed by atoms with Crippen LogP contribution in [0.5, 0.6) is 0 Å². The number of ether oxygens (including phenoxy) is 4. The first-order chi connectivity index (χ1) is 39.1. The van der Waals surface area contributed by atoms with Crippen LogP contribution in [0.15, 0.2) is 66.8 Å². The van der Waals surface area contributed by atoms with Crippen LogP contribution in [0.25, 0.3) is 12.2 Å². The molecule has 4 aliphatic rings. The minimum Gasteiger partial charge on any atom is -0.427 e. The lowest BCUT2D eigenvalue weighted by molar-refractivity contribution is -0.174. The highest BCUT2D eigenvalue weighted by atomic mass is 32.2. The lowest BCUT2D eigenvalue weighted by Gasteiger charge is -2.52. The summed E-state index contributed by atoms with van der Waals surface area (Å²) in [7, 11) is 2.57. The molecule has 0 aromatic carbocycles. The Hall–Kier alpha value is -7.19. The highest BCUT2D eigenvalue weighted by Gasteiger charge is 2.55. The minimum atomic E-state index is -1.07. The fourth-order valence-electron chi connectivity index (χ4n) is 7.89. The van der Waals surface area contributed by atoms with Gasteiger partial charge >= 0.3 is 23.9 Å². The maximum absolute atomic E-state index is 13.9. The number of carbonyl (C=O) groups is 7. The van der Waals surface area contributed by atoms with E-state index in [1.54, 1.807) is 75.5 Å². The number of oxime groups is 2. The van der Waals surface area contributed by atoms with E-state index in [4.69, 9.17) is 28.6 Å². The highest BCUT2D eigenvalue weighted by Crippen LogP contribution is 2.43. The van der Waals surface area contributed by atoms with Crippen molar-refractivity contribution >= 4 is 144 Å². The normalized spacial score (nSPS) is 19.2. The van der Waals surface area contributed by atoms with E-state index in [2.05, 4.69) is 51.5 Å². The second-order valence-electron chi connectivity index (χ2n) is 20.1. The third kappa shape index (κ3) is 14.2. The van der Waals surface area contributed by atoms with Crippen LogP contribution >= 0.6 is 68.9 Å². The SMILES string of the molecule is CO/N=C(\C(=O)N[C@H]1CN2C(C(=O)OCOC(=O)C(C)(C)C)=C(/C=C\c3scnc3C)CS[C@@H]12)c1csc(NCNc2nc(/C(=N/OC)C(=O)N[C@@H]3C(=O)N4C(C(=O)OCOC(=O)C(C)(C)C)=C(/C=C\c5scnc5C)CS[C@H]34)cs2)n1. The summed E-state index contributed by atoms with van der Waals surface area (Å²) in [5.41, 5.74) is 4.96. The number of amides is 3. The first-order valence-electron chi connectivity index (χ1n) is 25.0. The zero-order chi connectivity index (χ0) is 59.0. The zero-order valence-electron chi connectivity index (χ0n) is 46.0. The van der Waals surface area contributed by atoms with Gasteiger partial charge in [0.2, 0.25) is 13.6 Å². The van der Waals surface area contributed by atoms with Gasteiger partial charge in [-0.3, -0.25) is 28.9 Å². The average molecular weight is 1240 g/mol. The highest BCUT2D eigenvalue weighted by molar-refractivity contribution is 8.00. The largest absolute Gasteiger partial charge is 0.427 e. The number of nitrogens with one attached hydrogen (secondary N) is 4. The Morgan fingerprint density at radius 3 is 1.61 bits per heavy atom. The second kappa shape index (κ2) is 26.4. The van der Waals surface area contributed by atoms with Crippen molar-refractivity contribution in [2.45, 2.75) is 78.2 Å². The molecule has 0 aliphatic carbocycles. The van der Waals surface area contributed by atoms with E-state index in [0.717, 1.165) is 32.5 Å². The van der Waals surface area contributed by atoms with Crippen LogP contribution in [0, 0.1) is 24.7 Å². The standard InChI is InChI=1S/C51H58N12O13S6/c1-25-32(81-21-54-25)13-11-27-16-77-42-29(15-62(42)37(27)44(67)73-23-75-46(69)50(3,4)5)56-39(64)34(60-71-9)30-18-79-48(57-30)52-20-53-49-58-31(19-80-49)35(61-72-10)40(65)59-36-41(66)63-38(45(68)74-24-76-47(70)51(6,7)8)28(17-78-43(36)63)12-14-33-26(2)55-22-82-33/h11-14,18-19,21-22,29,36,42-43H,15-17,20,23-24H2,1-10H3,(H,52,57)(H,53,58)(H,56,64)(H,59,65)/b13-11-,14-12-,60-34-,61-35-/t29-,36+,42-,43+/m0/s1. The summed E-state index contributed by atoms with van der Waals surface area (Å²) < 4.78 is 21.2. The molecule has 3 amide bonds. The number of hydrogen-bond acceptors (Lipinski definition) is 28. The molecule has 0 radical (unpaired) electrons. The Bertz CT molecular complexity index is 3310. The van der Waals surface area contributed by atoms with Crippen molar-refractivity contribution in [2.24, 2.45) is 21.1 Å². The predicted octanol–water partition coefficient (Wildman–Crippen LogP) is 5.70. The summed E-state index contributed by atoms with van der Waals surface area (Å²) >= 11 is 8.11. The van der Waals surface area contributed by atoms with Crippen molar-refractivity contribution < 1.29 is 62.2 Å². The summed E-state index contributed by atoms with van der Waals surface area (Å²) in [6.45, 7) is 13.0. The molecule has 0 saturated carbocycles. The van der Waals surface area contributed by atoms with Crippen LogP contribution in [0.2, 0.25) is 0 Å². The van der Waals surface area contributed by atoms with Crippen LogP contribution in [-0.4, -0.2) is 158 Å². The number of fused-ring (bicyclic) bond motifs is 2. The number of aryl methyl sites for hydroxylation is 2. The Morgan fingerprint density at radius 2 is 1.13 bits per heavy atom. The number of thioether (sulfide) groups is 2. The number of nitrogens with zero attached hydrogens (tertiary/aromatic N) is 8. The van der Waals surface area contributed by atoms with Gasteiger partial charge in [-0.1, -0.05) is 22.5 Å². The first-order valence-corrected chi connectivity index (χ1v) is 30.6. The number of rotatable bonds is 22. The van der Waals surface area contributed by atoms with Gasteiger partial charge in [0.15, 0.2) is 21.7 Å². The van der Waals surface area contributed by atoms with Gasteiger partial charge in [0.05, 0.1) is 51.3 Å². The van der Waals surface area contributed by atoms with Gasteiger partial charge in [0, 0.05) is 38.6 Å². The van der Waals surface area contributed by atoms with E-state index in [9.17, 15) is 33.6 Å². The van der Waals surface area contributed by atoms with Gasteiger partial charge in [-0.25, -0.2) is 29.5 Å². The molecule has 4 N–H and O–H groups in total. The molecular weight excluding hydrogens is 1180 g/mol. The molecule has 4 aliphatic heterocycles. The number of β-lactam (4-membered cyclic amide) rings is 1. The van der Waals surface area contributed by atoms with Gasteiger partial charge < -0.3 is 54.8 Å². The summed E-state index contributed by atoms with van der Waals surface area (Å²) in [5, 5.41) is 22.9. The van der Waals surface area contributed by atoms with Gasteiger partial charge in [0.25, 0.3) is 17.7 Å². The molecule has 0 unspecified atom stereocenters. The third-order valence-corrected chi connectivity index (χ3v) is 18.3. The molecule has 25 nitrogen and oxygen atoms in total. The number of hydrogen-bond donors (Lipinski definition) is 4. The number of carbonyl (C=O) groups excluding carboxylic acids is 7. The molecule has 0 bridgehead atoms. The Kier molecular flexibility index (Phi) is 19.6. The van der Waals surface area contributed by atoms with Crippen LogP contribution < -0.4 is 21.3 Å². The Morgan fingerprint density at radius 1 is 0.659 bits per heavy atom. The van der Waals surface area contributed by atoms with Crippen molar-refractivity contribution in [1.29, 1.82) is 0 Å². The molecule has 8 rings (SSSR count). The van der Waals surface area contributed by atoms with E-state index < -0.39 is 83.5 Å². The number of anilines is 2. The summed E-state index contributed by atoms with van der Waals surface area (Å²) in [6, 6.07) is -1.48. The maximum Gasteiger partial charge on any atom is 0.358 e. The van der Waals surface area contributed by atoms with Crippen molar-refractivity contribution in [2.75, 3.05) is 63.2 Å². The van der Waals surface area contributed by atoms with Gasteiger partial charge in [-0.05, 0) is 78.7 Å². The van der Waals surface area contributed by atoms with E-state index in [-0.39, 0.29) is 52.8 Å². The average Bonchev–Trinajstić information content (AvgIpc) is 4.28. The quantitative estimate of drug-likeness (QED) is 0.0241. The lowest BCUT2D eigenvalue weighted by atomic mass is 9.97. The molecular formula is C51H58N12O13S6. The van der Waals surface area contributed by atoms with E-state index in [1.165, 1.54) is 76.7 Å². The van der Waals surface area contributed by atoms with Crippen molar-refractivity contribution in [3.05, 3.63) is 89.0 Å². The molecule has 2 saturated heterocycles. The lowest BCUT2D eigenvalue weighted by Crippen LogP contribution is -2.71. The maximum atomic E-state index is 13.9. The molecule has 2 fully saturated rings.